The predicted molar refractivity (Wildman–Crippen MR) is 30.6 cm³/mol. The number of aliphatic carboxylic acids is 1. The molecule has 0 saturated carbocycles. The molecule has 4 heteroatoms. The monoisotopic (exact) mass is 149 g/mol. The number of carbonyl (C=O) groups excluding carboxylic acids is 1. The molecule has 0 amide bonds. The Hall–Kier alpha value is 0.170. The quantitative estimate of drug-likeness (QED) is 0.383. The number of carboxylic acids is 1. The van der Waals surface area contributed by atoms with Gasteiger partial charge in [-0.05, 0) is 18.5 Å². The van der Waals surface area contributed by atoms with E-state index < -0.39 is 5.97 Å². The zero-order valence-electron chi connectivity index (χ0n) is 6.02. The van der Waals surface area contributed by atoms with E-state index in [1.54, 1.807) is 6.08 Å². The van der Waals surface area contributed by atoms with Crippen LogP contribution >= 0.6 is 0 Å². The van der Waals surface area contributed by atoms with E-state index >= 15 is 0 Å². The molecule has 0 bridgehead atoms. The number of nitrogens with one attached hydrogen (secondary N) is 1. The van der Waals surface area contributed by atoms with Crippen molar-refractivity contribution in [2.45, 2.75) is 6.42 Å². The van der Waals surface area contributed by atoms with Crippen LogP contribution in [0.4, 0.5) is 0 Å². The fourth-order valence-corrected chi connectivity index (χ4v) is 0.808. The zero-order valence-corrected chi connectivity index (χ0v) is 8.02. The van der Waals surface area contributed by atoms with Gasteiger partial charge in [-0.25, -0.2) is 0 Å². The minimum absolute atomic E-state index is 0. The average molecular weight is 149 g/mol. The summed E-state index contributed by atoms with van der Waals surface area (Å²) in [6.07, 6.45) is 2.24. The van der Waals surface area contributed by atoms with Gasteiger partial charge in [0.25, 0.3) is 0 Å². The maximum atomic E-state index is 10.1. The number of carboxylic acid groups (broad SMARTS) is 1. The van der Waals surface area contributed by atoms with Crippen LogP contribution in [-0.2, 0) is 4.79 Å². The minimum atomic E-state index is -1.03. The molecule has 0 aromatic heterocycles. The van der Waals surface area contributed by atoms with E-state index in [9.17, 15) is 9.90 Å². The summed E-state index contributed by atoms with van der Waals surface area (Å²) in [6.45, 7) is 1.41. The van der Waals surface area contributed by atoms with Crippen LogP contribution in [-0.4, -0.2) is 19.1 Å². The summed E-state index contributed by atoms with van der Waals surface area (Å²) in [5.41, 5.74) is 0.425. The zero-order chi connectivity index (χ0) is 6.69. The van der Waals surface area contributed by atoms with E-state index in [1.165, 1.54) is 0 Å². The SMILES string of the molecule is O=C([O-])C1=CCNCC1.[Na+]. The molecule has 1 N–H and O–H groups in total. The average Bonchev–Trinajstić information content (AvgIpc) is 1.90. The fourth-order valence-electron chi connectivity index (χ4n) is 0.808. The smallest absolute Gasteiger partial charge is 0.545 e. The molecule has 1 aliphatic rings. The van der Waals surface area contributed by atoms with E-state index in [0.717, 1.165) is 6.54 Å². The van der Waals surface area contributed by atoms with Crippen molar-refractivity contribution in [1.82, 2.24) is 5.32 Å². The topological polar surface area (TPSA) is 52.2 Å². The Kier molecular flexibility index (Phi) is 4.99. The molecule has 3 nitrogen and oxygen atoms in total. The number of hydrogen-bond acceptors (Lipinski definition) is 3. The van der Waals surface area contributed by atoms with Gasteiger partial charge in [-0.1, -0.05) is 6.08 Å². The van der Waals surface area contributed by atoms with E-state index in [1.807, 2.05) is 0 Å². The summed E-state index contributed by atoms with van der Waals surface area (Å²) in [5.74, 6) is -1.03. The standard InChI is InChI=1S/C6H9NO2.Na/c8-6(9)5-1-3-7-4-2-5;/h1,7H,2-4H2,(H,8,9);/q;+1/p-1. The molecule has 0 unspecified atom stereocenters. The van der Waals surface area contributed by atoms with Crippen LogP contribution in [0, 0.1) is 0 Å². The first-order chi connectivity index (χ1) is 4.30. The molecule has 1 aliphatic heterocycles. The van der Waals surface area contributed by atoms with Crippen LogP contribution in [0.3, 0.4) is 0 Å². The number of hydrogen-bond donors (Lipinski definition) is 1. The van der Waals surface area contributed by atoms with Crippen LogP contribution in [0.15, 0.2) is 11.6 Å². The summed E-state index contributed by atoms with van der Waals surface area (Å²) in [4.78, 5) is 10.1. The second kappa shape index (κ2) is 4.91. The van der Waals surface area contributed by atoms with Crippen molar-refractivity contribution in [2.24, 2.45) is 0 Å². The molecule has 1 rings (SSSR count). The van der Waals surface area contributed by atoms with Crippen LogP contribution in [0.1, 0.15) is 6.42 Å². The van der Waals surface area contributed by atoms with Gasteiger partial charge in [0.1, 0.15) is 0 Å². The van der Waals surface area contributed by atoms with E-state index in [4.69, 9.17) is 0 Å². The van der Waals surface area contributed by atoms with Crippen molar-refractivity contribution >= 4 is 5.97 Å². The van der Waals surface area contributed by atoms with Gasteiger partial charge in [0.2, 0.25) is 0 Å². The Bertz CT molecular complexity index is 156. The molecule has 10 heavy (non-hydrogen) atoms. The van der Waals surface area contributed by atoms with Crippen LogP contribution in [0.25, 0.3) is 0 Å². The molecule has 0 aromatic carbocycles. The van der Waals surface area contributed by atoms with Crippen molar-refractivity contribution in [3.8, 4) is 0 Å². The molecule has 0 saturated heterocycles. The van der Waals surface area contributed by atoms with E-state index in [0.29, 0.717) is 18.5 Å². The summed E-state index contributed by atoms with van der Waals surface area (Å²) < 4.78 is 0. The van der Waals surface area contributed by atoms with Crippen molar-refractivity contribution in [3.05, 3.63) is 11.6 Å². The third-order valence-electron chi connectivity index (χ3n) is 1.33. The van der Waals surface area contributed by atoms with Gasteiger partial charge in [-0.2, -0.15) is 0 Å². The van der Waals surface area contributed by atoms with Crippen LogP contribution < -0.4 is 40.0 Å². The second-order valence-corrected chi connectivity index (χ2v) is 1.97. The van der Waals surface area contributed by atoms with Gasteiger partial charge in [0.15, 0.2) is 0 Å². The van der Waals surface area contributed by atoms with E-state index in [2.05, 4.69) is 5.32 Å². The van der Waals surface area contributed by atoms with Gasteiger partial charge >= 0.3 is 29.6 Å². The molecule has 0 aliphatic carbocycles. The molecule has 0 fully saturated rings. The summed E-state index contributed by atoms with van der Waals surface area (Å²) >= 11 is 0. The van der Waals surface area contributed by atoms with Gasteiger partial charge in [-0.15, -0.1) is 0 Å². The maximum absolute atomic E-state index is 10.1. The summed E-state index contributed by atoms with van der Waals surface area (Å²) in [6, 6.07) is 0. The first kappa shape index (κ1) is 10.2. The molecular weight excluding hydrogens is 141 g/mol. The van der Waals surface area contributed by atoms with Gasteiger partial charge < -0.3 is 15.2 Å². The minimum Gasteiger partial charge on any atom is -0.545 e. The summed E-state index contributed by atoms with van der Waals surface area (Å²) in [7, 11) is 0. The van der Waals surface area contributed by atoms with Crippen molar-refractivity contribution < 1.29 is 39.5 Å². The summed E-state index contributed by atoms with van der Waals surface area (Å²) in [5, 5.41) is 13.1. The maximum Gasteiger partial charge on any atom is 1.00 e. The largest absolute Gasteiger partial charge is 1.00 e. The van der Waals surface area contributed by atoms with Gasteiger partial charge in [-0.3, -0.25) is 0 Å². The molecule has 50 valence electrons. The van der Waals surface area contributed by atoms with Gasteiger partial charge in [0.05, 0.1) is 5.97 Å². The first-order valence-corrected chi connectivity index (χ1v) is 2.92. The molecule has 0 atom stereocenters. The van der Waals surface area contributed by atoms with Gasteiger partial charge in [0, 0.05) is 6.54 Å². The first-order valence-electron chi connectivity index (χ1n) is 2.92. The third-order valence-corrected chi connectivity index (χ3v) is 1.33. The molecular formula is C6H8NNaO2. The van der Waals surface area contributed by atoms with E-state index in [-0.39, 0.29) is 29.6 Å². The van der Waals surface area contributed by atoms with Crippen molar-refractivity contribution in [2.75, 3.05) is 13.1 Å². The van der Waals surface area contributed by atoms with Crippen molar-refractivity contribution in [1.29, 1.82) is 0 Å². The molecule has 0 aromatic rings. The molecule has 1 heterocycles. The Morgan fingerprint density at radius 1 is 1.70 bits per heavy atom. The van der Waals surface area contributed by atoms with Crippen LogP contribution in [0.5, 0.6) is 0 Å². The Morgan fingerprint density at radius 2 is 2.40 bits per heavy atom. The third kappa shape index (κ3) is 2.84. The second-order valence-electron chi connectivity index (χ2n) is 1.97. The Balaban J connectivity index is 0.000000810. The molecule has 0 radical (unpaired) electrons. The van der Waals surface area contributed by atoms with Crippen molar-refractivity contribution in [3.63, 3.8) is 0 Å². The van der Waals surface area contributed by atoms with Crippen LogP contribution in [0.2, 0.25) is 0 Å². The Morgan fingerprint density at radius 3 is 2.70 bits per heavy atom. The Labute approximate surface area is 81.8 Å². The number of rotatable bonds is 1. The predicted octanol–water partition coefficient (Wildman–Crippen LogP) is -4.34. The normalized spacial score (nSPS) is 17.0. The fraction of sp³-hybridized carbons (Fsp3) is 0.500. The number of carbonyl (C=O) groups is 1. The molecule has 0 spiro atoms.